The Morgan fingerprint density at radius 3 is 2.77 bits per heavy atom. The van der Waals surface area contributed by atoms with Crippen LogP contribution in [0.1, 0.15) is 46.2 Å². The van der Waals surface area contributed by atoms with Gasteiger partial charge in [0.05, 0.1) is 31.3 Å². The third-order valence-corrected chi connectivity index (χ3v) is 5.83. The molecule has 11 nitrogen and oxygen atoms in total. The van der Waals surface area contributed by atoms with E-state index in [1.807, 2.05) is 0 Å². The lowest BCUT2D eigenvalue weighted by molar-refractivity contribution is 0.0598. The minimum absolute atomic E-state index is 0.0113. The molecule has 1 unspecified atom stereocenters. The molecule has 0 radical (unpaired) electrons. The van der Waals surface area contributed by atoms with Gasteiger partial charge in [0.15, 0.2) is 5.82 Å². The molecule has 0 spiro atoms. The largest absolute Gasteiger partial charge is 0.507 e. The number of ether oxygens (including phenoxy) is 3. The van der Waals surface area contributed by atoms with Gasteiger partial charge < -0.3 is 34.5 Å². The van der Waals surface area contributed by atoms with Gasteiger partial charge in [-0.1, -0.05) is 30.0 Å². The van der Waals surface area contributed by atoms with Crippen molar-refractivity contribution < 1.29 is 33.4 Å². The summed E-state index contributed by atoms with van der Waals surface area (Å²) in [6.07, 6.45) is 0.821. The van der Waals surface area contributed by atoms with Crippen LogP contribution in [0.25, 0.3) is 0 Å². The van der Waals surface area contributed by atoms with Crippen molar-refractivity contribution in [2.45, 2.75) is 32.2 Å². The molecule has 0 saturated carbocycles. The molecule has 2 rings (SSSR count). The summed E-state index contributed by atoms with van der Waals surface area (Å²) in [6, 6.07) is 1.01. The third-order valence-electron chi connectivity index (χ3n) is 4.65. The van der Waals surface area contributed by atoms with Crippen LogP contribution in [0.15, 0.2) is 23.2 Å². The molecule has 190 valence electrons. The first kappa shape index (κ1) is 27.9. The Bertz CT molecular complexity index is 1070. The summed E-state index contributed by atoms with van der Waals surface area (Å²) >= 11 is 6.59. The van der Waals surface area contributed by atoms with E-state index in [0.717, 1.165) is 0 Å². The summed E-state index contributed by atoms with van der Waals surface area (Å²) in [4.78, 5) is 28.8. The van der Waals surface area contributed by atoms with Crippen molar-refractivity contribution >= 4 is 41.0 Å². The van der Waals surface area contributed by atoms with E-state index in [1.165, 1.54) is 38.1 Å². The number of hydrogen-bond acceptors (Lipinski definition) is 11. The minimum atomic E-state index is -0.632. The predicted molar refractivity (Wildman–Crippen MR) is 134 cm³/mol. The van der Waals surface area contributed by atoms with Gasteiger partial charge in [-0.15, -0.1) is 0 Å². The molecule has 3 N–H and O–H groups in total. The molecule has 0 fully saturated rings. The van der Waals surface area contributed by atoms with Crippen molar-refractivity contribution in [3.05, 3.63) is 47.1 Å². The average molecular weight is 525 g/mol. The van der Waals surface area contributed by atoms with Crippen LogP contribution in [0.3, 0.4) is 0 Å². The van der Waals surface area contributed by atoms with Crippen molar-refractivity contribution in [1.82, 2.24) is 20.8 Å². The van der Waals surface area contributed by atoms with Crippen LogP contribution in [0.2, 0.25) is 0 Å². The standard InChI is InChI=1S/C22H28N4O7S2/c1-6-7-32-22(29)23-9-18-25-20(33-26-18)15(24-13(3)34)11-35-10-14-16(27)8-17(30-4)12(2)19(14)21(28)31-5/h6,8,15,27H,1,7,9-11H2,2-5H3,(H,23,29)(H,24,34). The van der Waals surface area contributed by atoms with Gasteiger partial charge in [-0.05, 0) is 13.8 Å². The maximum atomic E-state index is 12.4. The number of esters is 1. The first-order valence-corrected chi connectivity index (χ1v) is 11.9. The Balaban J connectivity index is 2.13. The summed E-state index contributed by atoms with van der Waals surface area (Å²) in [5.74, 6) is 0.950. The zero-order valence-corrected chi connectivity index (χ0v) is 21.5. The highest BCUT2D eigenvalue weighted by Crippen LogP contribution is 2.36. The first-order valence-electron chi connectivity index (χ1n) is 10.4. The number of rotatable bonds is 12. The molecule has 1 amide bonds. The average Bonchev–Trinajstić information content (AvgIpc) is 3.30. The quantitative estimate of drug-likeness (QED) is 0.213. The van der Waals surface area contributed by atoms with E-state index in [2.05, 4.69) is 27.4 Å². The number of phenolic OH excluding ortho intramolecular Hbond substituents is 1. The maximum Gasteiger partial charge on any atom is 0.407 e. The number of benzene rings is 1. The predicted octanol–water partition coefficient (Wildman–Crippen LogP) is 3.20. The Kier molecular flexibility index (Phi) is 10.8. The molecule has 0 aliphatic rings. The highest BCUT2D eigenvalue weighted by atomic mass is 32.2. The molecule has 13 heteroatoms. The van der Waals surface area contributed by atoms with Crippen LogP contribution < -0.4 is 15.4 Å². The van der Waals surface area contributed by atoms with Gasteiger partial charge in [0.25, 0.3) is 0 Å². The second-order valence-electron chi connectivity index (χ2n) is 7.13. The Labute approximate surface area is 212 Å². The van der Waals surface area contributed by atoms with E-state index in [9.17, 15) is 14.7 Å². The van der Waals surface area contributed by atoms with Crippen LogP contribution in [0.5, 0.6) is 11.5 Å². The number of nitrogens with zero attached hydrogens (tertiary/aromatic N) is 2. The highest BCUT2D eigenvalue weighted by Gasteiger charge is 2.24. The second kappa shape index (κ2) is 13.5. The van der Waals surface area contributed by atoms with Crippen LogP contribution in [0, 0.1) is 6.92 Å². The van der Waals surface area contributed by atoms with E-state index in [1.54, 1.807) is 13.8 Å². The van der Waals surface area contributed by atoms with Crippen LogP contribution in [0.4, 0.5) is 4.79 Å². The zero-order chi connectivity index (χ0) is 26.0. The maximum absolute atomic E-state index is 12.4. The normalized spacial score (nSPS) is 11.3. The van der Waals surface area contributed by atoms with E-state index in [4.69, 9.17) is 31.0 Å². The SMILES string of the molecule is C=CCOC(=O)NCc1noc(C(CSCc2c(O)cc(OC)c(C)c2C(=O)OC)NC(C)=S)n1. The molecular formula is C22H28N4O7S2. The number of thiocarbonyl (C=S) groups is 1. The molecule has 0 saturated heterocycles. The molecule has 0 aliphatic carbocycles. The van der Waals surface area contributed by atoms with Crippen molar-refractivity contribution in [3.63, 3.8) is 0 Å². The van der Waals surface area contributed by atoms with Gasteiger partial charge in [-0.25, -0.2) is 9.59 Å². The zero-order valence-electron chi connectivity index (χ0n) is 19.9. The van der Waals surface area contributed by atoms with Gasteiger partial charge in [-0.2, -0.15) is 16.7 Å². The third kappa shape index (κ3) is 7.86. The molecular weight excluding hydrogens is 496 g/mol. The Morgan fingerprint density at radius 2 is 2.14 bits per heavy atom. The van der Waals surface area contributed by atoms with E-state index in [0.29, 0.717) is 27.6 Å². The smallest absolute Gasteiger partial charge is 0.407 e. The molecule has 35 heavy (non-hydrogen) atoms. The fraction of sp³-hybridized carbons (Fsp3) is 0.409. The van der Waals surface area contributed by atoms with Crippen molar-refractivity contribution in [2.75, 3.05) is 26.6 Å². The Morgan fingerprint density at radius 1 is 1.40 bits per heavy atom. The van der Waals surface area contributed by atoms with Gasteiger partial charge >= 0.3 is 12.1 Å². The van der Waals surface area contributed by atoms with Crippen molar-refractivity contribution in [1.29, 1.82) is 0 Å². The number of carbonyl (C=O) groups is 2. The second-order valence-corrected chi connectivity index (χ2v) is 8.77. The number of aromatic nitrogens is 2. The monoisotopic (exact) mass is 524 g/mol. The van der Waals surface area contributed by atoms with Gasteiger partial charge in [0.1, 0.15) is 24.1 Å². The molecule has 1 heterocycles. The summed E-state index contributed by atoms with van der Waals surface area (Å²) in [5.41, 5.74) is 1.24. The van der Waals surface area contributed by atoms with Gasteiger partial charge in [0.2, 0.25) is 5.89 Å². The lowest BCUT2D eigenvalue weighted by Gasteiger charge is -2.18. The molecule has 1 aromatic carbocycles. The lowest BCUT2D eigenvalue weighted by atomic mass is 10.0. The fourth-order valence-electron chi connectivity index (χ4n) is 3.05. The van der Waals surface area contributed by atoms with E-state index < -0.39 is 18.1 Å². The topological polar surface area (TPSA) is 145 Å². The van der Waals surface area contributed by atoms with Crippen LogP contribution >= 0.6 is 24.0 Å². The fourth-order valence-corrected chi connectivity index (χ4v) is 4.27. The number of hydrogen-bond donors (Lipinski definition) is 3. The summed E-state index contributed by atoms with van der Waals surface area (Å²) in [5, 5.41) is 20.0. The van der Waals surface area contributed by atoms with Crippen LogP contribution in [-0.4, -0.2) is 58.9 Å². The number of thioether (sulfide) groups is 1. The molecule has 1 atom stereocenters. The van der Waals surface area contributed by atoms with Gasteiger partial charge in [-0.3, -0.25) is 0 Å². The molecule has 1 aromatic heterocycles. The van der Waals surface area contributed by atoms with E-state index in [-0.39, 0.29) is 41.9 Å². The molecule has 0 aliphatic heterocycles. The number of aromatic hydroxyl groups is 1. The lowest BCUT2D eigenvalue weighted by Crippen LogP contribution is -2.27. The summed E-state index contributed by atoms with van der Waals surface area (Å²) in [6.45, 7) is 7.00. The minimum Gasteiger partial charge on any atom is -0.507 e. The molecule has 2 aromatic rings. The first-order chi connectivity index (χ1) is 16.7. The Hall–Kier alpha value is -3.32. The number of methoxy groups -OCH3 is 2. The van der Waals surface area contributed by atoms with Crippen LogP contribution in [-0.2, 0) is 21.8 Å². The number of carbonyl (C=O) groups excluding carboxylic acids is 2. The van der Waals surface area contributed by atoms with Crippen molar-refractivity contribution in [3.8, 4) is 11.5 Å². The summed E-state index contributed by atoms with van der Waals surface area (Å²) in [7, 11) is 2.73. The highest BCUT2D eigenvalue weighted by molar-refractivity contribution is 7.98. The summed E-state index contributed by atoms with van der Waals surface area (Å²) < 4.78 is 20.3. The number of phenols is 1. The molecule has 0 bridgehead atoms. The van der Waals surface area contributed by atoms with Crippen molar-refractivity contribution in [2.24, 2.45) is 0 Å². The number of amides is 1. The number of alkyl carbamates (subject to hydrolysis) is 1. The number of nitrogens with one attached hydrogen (secondary N) is 2. The van der Waals surface area contributed by atoms with E-state index >= 15 is 0 Å². The van der Waals surface area contributed by atoms with Gasteiger partial charge in [0, 0.05) is 28.7 Å².